The lowest BCUT2D eigenvalue weighted by molar-refractivity contribution is -0.123. The molecule has 0 spiro atoms. The van der Waals surface area contributed by atoms with E-state index in [9.17, 15) is 18.8 Å². The summed E-state index contributed by atoms with van der Waals surface area (Å²) in [5, 5.41) is 0. The van der Waals surface area contributed by atoms with Crippen LogP contribution in [0.4, 0.5) is 4.39 Å². The fourth-order valence-electron chi connectivity index (χ4n) is 4.48. The molecule has 1 unspecified atom stereocenters. The molecule has 0 saturated heterocycles. The molecule has 2 aromatic rings. The minimum atomic E-state index is -0.300. The number of carbonyl (C=O) groups excluding carboxylic acids is 3. The highest BCUT2D eigenvalue weighted by atomic mass is 19.1. The molecule has 1 atom stereocenters. The van der Waals surface area contributed by atoms with Crippen molar-refractivity contribution in [2.45, 2.75) is 59.8 Å². The third-order valence-corrected chi connectivity index (χ3v) is 6.78. The van der Waals surface area contributed by atoms with Gasteiger partial charge in [0.2, 0.25) is 0 Å². The second kappa shape index (κ2) is 13.0. The first-order valence-electron chi connectivity index (χ1n) is 12.9. The van der Waals surface area contributed by atoms with Crippen LogP contribution < -0.4 is 0 Å². The largest absolute Gasteiger partial charge is 0.295 e. The number of halogens is 1. The maximum atomic E-state index is 13.6. The normalized spacial score (nSPS) is 17.1. The molecule has 0 bridgehead atoms. The Morgan fingerprint density at radius 2 is 1.84 bits per heavy atom. The molecule has 0 fully saturated rings. The van der Waals surface area contributed by atoms with Crippen LogP contribution in [0.25, 0.3) is 5.57 Å². The predicted octanol–water partition coefficient (Wildman–Crippen LogP) is 7.77. The molecule has 37 heavy (non-hydrogen) atoms. The average molecular weight is 503 g/mol. The number of allylic oxidation sites excluding steroid dienone is 8. The minimum absolute atomic E-state index is 0. The average Bonchev–Trinajstić information content (AvgIpc) is 3.08. The summed E-state index contributed by atoms with van der Waals surface area (Å²) < 4.78 is 13.6. The van der Waals surface area contributed by atoms with E-state index in [0.29, 0.717) is 18.4 Å². The van der Waals surface area contributed by atoms with Crippen LogP contribution in [0.5, 0.6) is 0 Å². The smallest absolute Gasteiger partial charge is 0.170 e. The summed E-state index contributed by atoms with van der Waals surface area (Å²) in [6.45, 7) is 6.91. The Hall–Kier alpha value is -3.66. The number of aryl methyl sites for hydroxylation is 2. The summed E-state index contributed by atoms with van der Waals surface area (Å²) >= 11 is 0. The van der Waals surface area contributed by atoms with Gasteiger partial charge in [-0.05, 0) is 104 Å². The number of ketones is 3. The molecule has 0 radical (unpaired) electrons. The van der Waals surface area contributed by atoms with Crippen LogP contribution in [0.1, 0.15) is 65.1 Å². The quantitative estimate of drug-likeness (QED) is 0.379. The van der Waals surface area contributed by atoms with Crippen LogP contribution in [0, 0.1) is 18.7 Å². The first kappa shape index (κ1) is 27.9. The minimum Gasteiger partial charge on any atom is -0.295 e. The molecule has 0 amide bonds. The van der Waals surface area contributed by atoms with Crippen molar-refractivity contribution < 1.29 is 21.6 Å². The zero-order valence-electron chi connectivity index (χ0n) is 22.1. The highest BCUT2D eigenvalue weighted by molar-refractivity contribution is 6.20. The van der Waals surface area contributed by atoms with E-state index in [0.717, 1.165) is 30.4 Å². The summed E-state index contributed by atoms with van der Waals surface area (Å²) in [6.07, 6.45) is 13.4. The summed E-state index contributed by atoms with van der Waals surface area (Å²) in [6, 6.07) is 13.6. The molecule has 3 nitrogen and oxygen atoms in total. The van der Waals surface area contributed by atoms with Gasteiger partial charge in [0.25, 0.3) is 0 Å². The molecular formula is C33H39FO3. The first-order chi connectivity index (χ1) is 17.7. The van der Waals surface area contributed by atoms with E-state index in [2.05, 4.69) is 37.3 Å². The highest BCUT2D eigenvalue weighted by Gasteiger charge is 2.25. The number of benzene rings is 2. The van der Waals surface area contributed by atoms with Crippen molar-refractivity contribution in [1.29, 1.82) is 0 Å². The van der Waals surface area contributed by atoms with E-state index in [-0.39, 0.29) is 37.5 Å². The summed E-state index contributed by atoms with van der Waals surface area (Å²) in [7, 11) is 0. The monoisotopic (exact) mass is 502 g/mol. The number of hydrogen-bond donors (Lipinski definition) is 0. The van der Waals surface area contributed by atoms with E-state index in [4.69, 9.17) is 0 Å². The Morgan fingerprint density at radius 3 is 2.51 bits per heavy atom. The molecule has 0 aliphatic heterocycles. The number of hydrogen-bond acceptors (Lipinski definition) is 3. The van der Waals surface area contributed by atoms with Crippen molar-refractivity contribution in [2.24, 2.45) is 5.92 Å². The Morgan fingerprint density at radius 1 is 1.05 bits per heavy atom. The molecule has 196 valence electrons. The van der Waals surface area contributed by atoms with Crippen LogP contribution in [0.3, 0.4) is 0 Å². The van der Waals surface area contributed by atoms with Crippen molar-refractivity contribution in [3.8, 4) is 0 Å². The second-order valence-corrected chi connectivity index (χ2v) is 9.63. The van der Waals surface area contributed by atoms with E-state index < -0.39 is 0 Å². The highest BCUT2D eigenvalue weighted by Crippen LogP contribution is 2.26. The Bertz CT molecular complexity index is 1320. The van der Waals surface area contributed by atoms with Crippen LogP contribution in [-0.2, 0) is 27.2 Å². The lowest BCUT2D eigenvalue weighted by Gasteiger charge is -2.14. The standard InChI is InChI=1S/C17H17FO2.C16H18O.2H2/c1-11-7-8-13(10-16(11)18)9-14-5-3-4-6-15(12(2)19)17(14)20;1-3-13-6-4-8-15(10-13)16-9-5-7-14(11-16)12(2)17;;/h3-4,6-8,10,14H,5,9H2,1-2H3;4,6,8-11H,3,5,7H2,1-2H3;2*1H. The Balaban J connectivity index is 0.000000375. The van der Waals surface area contributed by atoms with Gasteiger partial charge in [0.15, 0.2) is 17.3 Å². The molecule has 0 aromatic heterocycles. The molecule has 4 heteroatoms. The SMILES string of the molecule is CC(=O)C1=CC=CCC(Cc2ccc(C)c(F)c2)C1=O.CCc1cccc(C2=CCCC(C(C)=O)=C2)c1.[HH].[HH]. The van der Waals surface area contributed by atoms with E-state index in [1.165, 1.54) is 29.7 Å². The summed E-state index contributed by atoms with van der Waals surface area (Å²) in [5.41, 5.74) is 6.31. The third-order valence-electron chi connectivity index (χ3n) is 6.78. The lowest BCUT2D eigenvalue weighted by atomic mass is 9.88. The molecular weight excluding hydrogens is 463 g/mol. The van der Waals surface area contributed by atoms with E-state index in [1.54, 1.807) is 32.1 Å². The van der Waals surface area contributed by atoms with E-state index >= 15 is 0 Å². The van der Waals surface area contributed by atoms with Gasteiger partial charge in [-0.25, -0.2) is 4.39 Å². The van der Waals surface area contributed by atoms with Gasteiger partial charge in [0.05, 0.1) is 5.57 Å². The Labute approximate surface area is 222 Å². The molecule has 2 aromatic carbocycles. The van der Waals surface area contributed by atoms with Gasteiger partial charge in [-0.2, -0.15) is 0 Å². The van der Waals surface area contributed by atoms with Gasteiger partial charge in [0.1, 0.15) is 5.82 Å². The maximum Gasteiger partial charge on any atom is 0.170 e. The number of Topliss-reactive ketones (excluding diaryl/α,β-unsaturated/α-hetero) is 3. The van der Waals surface area contributed by atoms with Gasteiger partial charge >= 0.3 is 0 Å². The fraction of sp³-hybridized carbons (Fsp3) is 0.303. The zero-order valence-corrected chi connectivity index (χ0v) is 22.1. The fourth-order valence-corrected chi connectivity index (χ4v) is 4.48. The van der Waals surface area contributed by atoms with Crippen molar-refractivity contribution in [3.63, 3.8) is 0 Å². The number of carbonyl (C=O) groups is 3. The topological polar surface area (TPSA) is 51.2 Å². The maximum absolute atomic E-state index is 13.6. The van der Waals surface area contributed by atoms with Crippen LogP contribution in [-0.4, -0.2) is 17.3 Å². The molecule has 0 saturated carbocycles. The van der Waals surface area contributed by atoms with E-state index in [1.807, 2.05) is 18.2 Å². The Kier molecular flexibility index (Phi) is 9.85. The van der Waals surface area contributed by atoms with Crippen molar-refractivity contribution in [3.05, 3.63) is 112 Å². The van der Waals surface area contributed by atoms with Crippen LogP contribution in [0.15, 0.2) is 84.0 Å². The molecule has 2 aliphatic rings. The summed E-state index contributed by atoms with van der Waals surface area (Å²) in [5.74, 6) is -0.736. The van der Waals surface area contributed by atoms with Crippen molar-refractivity contribution in [2.75, 3.05) is 0 Å². The molecule has 4 rings (SSSR count). The van der Waals surface area contributed by atoms with Gasteiger partial charge in [-0.1, -0.05) is 61.5 Å². The third kappa shape index (κ3) is 7.66. The molecule has 0 heterocycles. The lowest BCUT2D eigenvalue weighted by Crippen LogP contribution is -2.21. The predicted molar refractivity (Wildman–Crippen MR) is 152 cm³/mol. The van der Waals surface area contributed by atoms with Crippen molar-refractivity contribution in [1.82, 2.24) is 0 Å². The summed E-state index contributed by atoms with van der Waals surface area (Å²) in [4.78, 5) is 35.2. The van der Waals surface area contributed by atoms with Crippen molar-refractivity contribution >= 4 is 22.9 Å². The van der Waals surface area contributed by atoms with Crippen LogP contribution in [0.2, 0.25) is 0 Å². The van der Waals surface area contributed by atoms with Gasteiger partial charge in [0, 0.05) is 8.77 Å². The first-order valence-corrected chi connectivity index (χ1v) is 12.9. The van der Waals surface area contributed by atoms with Crippen LogP contribution >= 0.6 is 0 Å². The van der Waals surface area contributed by atoms with Gasteiger partial charge in [-0.3, -0.25) is 14.4 Å². The number of rotatable bonds is 6. The van der Waals surface area contributed by atoms with Gasteiger partial charge < -0.3 is 0 Å². The van der Waals surface area contributed by atoms with Gasteiger partial charge in [-0.15, -0.1) is 0 Å². The molecule has 0 N–H and O–H groups in total. The zero-order chi connectivity index (χ0) is 26.9. The molecule has 2 aliphatic carbocycles. The second-order valence-electron chi connectivity index (χ2n) is 9.63.